The van der Waals surface area contributed by atoms with E-state index in [9.17, 15) is 14.7 Å². The molecule has 116 valence electrons. The SMILES string of the molecule is NC(CSCc1oc(-c2ccccc2)cc1C(=O)O)C(=O)O. The average molecular weight is 321 g/mol. The van der Waals surface area contributed by atoms with Crippen LogP contribution < -0.4 is 5.73 Å². The van der Waals surface area contributed by atoms with Crippen molar-refractivity contribution < 1.29 is 24.2 Å². The second-order valence-electron chi connectivity index (χ2n) is 4.58. The van der Waals surface area contributed by atoms with Crippen LogP contribution in [0.2, 0.25) is 0 Å². The molecule has 0 aliphatic rings. The van der Waals surface area contributed by atoms with Crippen LogP contribution in [0.1, 0.15) is 16.1 Å². The molecular formula is C15H15NO5S. The first-order valence-corrected chi connectivity index (χ1v) is 7.62. The van der Waals surface area contributed by atoms with Gasteiger partial charge in [0.15, 0.2) is 0 Å². The van der Waals surface area contributed by atoms with Gasteiger partial charge in [0, 0.05) is 11.3 Å². The average Bonchev–Trinajstić information content (AvgIpc) is 2.92. The molecule has 2 aromatic rings. The van der Waals surface area contributed by atoms with Crippen LogP contribution in [-0.4, -0.2) is 33.9 Å². The van der Waals surface area contributed by atoms with E-state index in [0.717, 1.165) is 5.56 Å². The van der Waals surface area contributed by atoms with Crippen molar-refractivity contribution in [3.8, 4) is 11.3 Å². The number of nitrogens with two attached hydrogens (primary N) is 1. The Hall–Kier alpha value is -2.25. The number of carboxylic acids is 2. The number of rotatable bonds is 7. The van der Waals surface area contributed by atoms with Crippen LogP contribution in [0, 0.1) is 0 Å². The van der Waals surface area contributed by atoms with Crippen LogP contribution in [0.25, 0.3) is 11.3 Å². The topological polar surface area (TPSA) is 114 Å². The van der Waals surface area contributed by atoms with Crippen molar-refractivity contribution in [2.24, 2.45) is 5.73 Å². The number of thioether (sulfide) groups is 1. The molecule has 1 aromatic carbocycles. The zero-order valence-corrected chi connectivity index (χ0v) is 12.4. The zero-order chi connectivity index (χ0) is 16.1. The third kappa shape index (κ3) is 3.90. The van der Waals surface area contributed by atoms with Crippen molar-refractivity contribution >= 4 is 23.7 Å². The van der Waals surface area contributed by atoms with Gasteiger partial charge in [-0.05, 0) is 6.07 Å². The van der Waals surface area contributed by atoms with Crippen LogP contribution in [0.3, 0.4) is 0 Å². The van der Waals surface area contributed by atoms with E-state index in [4.69, 9.17) is 15.3 Å². The second kappa shape index (κ2) is 7.15. The Bertz CT molecular complexity index is 668. The molecule has 0 spiro atoms. The van der Waals surface area contributed by atoms with Crippen LogP contribution in [0.15, 0.2) is 40.8 Å². The third-order valence-corrected chi connectivity index (χ3v) is 4.01. The summed E-state index contributed by atoms with van der Waals surface area (Å²) in [5, 5.41) is 18.0. The molecule has 0 aliphatic heterocycles. The van der Waals surface area contributed by atoms with Gasteiger partial charge in [-0.2, -0.15) is 11.8 Å². The molecule has 0 amide bonds. The summed E-state index contributed by atoms with van der Waals surface area (Å²) in [6, 6.07) is 9.65. The molecule has 0 aliphatic carbocycles. The fourth-order valence-corrected chi connectivity index (χ4v) is 2.73. The van der Waals surface area contributed by atoms with Crippen molar-refractivity contribution in [3.63, 3.8) is 0 Å². The van der Waals surface area contributed by atoms with Gasteiger partial charge in [-0.25, -0.2) is 4.79 Å². The van der Waals surface area contributed by atoms with E-state index in [1.54, 1.807) is 0 Å². The van der Waals surface area contributed by atoms with Gasteiger partial charge in [0.2, 0.25) is 0 Å². The lowest BCUT2D eigenvalue weighted by molar-refractivity contribution is -0.137. The van der Waals surface area contributed by atoms with Crippen molar-refractivity contribution in [3.05, 3.63) is 47.7 Å². The van der Waals surface area contributed by atoms with Gasteiger partial charge >= 0.3 is 11.9 Å². The van der Waals surface area contributed by atoms with Crippen LogP contribution in [0.4, 0.5) is 0 Å². The van der Waals surface area contributed by atoms with Crippen molar-refractivity contribution in [1.82, 2.24) is 0 Å². The molecule has 0 saturated carbocycles. The van der Waals surface area contributed by atoms with Gasteiger partial charge in [0.05, 0.1) is 5.75 Å². The number of carboxylic acid groups (broad SMARTS) is 2. The minimum Gasteiger partial charge on any atom is -0.480 e. The first-order valence-electron chi connectivity index (χ1n) is 6.46. The lowest BCUT2D eigenvalue weighted by atomic mass is 10.1. The van der Waals surface area contributed by atoms with E-state index in [1.807, 2.05) is 30.3 Å². The van der Waals surface area contributed by atoms with Crippen LogP contribution >= 0.6 is 11.8 Å². The molecule has 1 aromatic heterocycles. The number of hydrogen-bond donors (Lipinski definition) is 3. The summed E-state index contributed by atoms with van der Waals surface area (Å²) in [7, 11) is 0. The van der Waals surface area contributed by atoms with E-state index in [0.29, 0.717) is 11.5 Å². The molecule has 0 saturated heterocycles. The highest BCUT2D eigenvalue weighted by molar-refractivity contribution is 7.98. The van der Waals surface area contributed by atoms with Gasteiger partial charge in [0.1, 0.15) is 23.1 Å². The molecule has 22 heavy (non-hydrogen) atoms. The Morgan fingerprint density at radius 1 is 1.23 bits per heavy atom. The van der Waals surface area contributed by atoms with Gasteiger partial charge in [-0.15, -0.1) is 0 Å². The summed E-state index contributed by atoms with van der Waals surface area (Å²) in [4.78, 5) is 21.9. The van der Waals surface area contributed by atoms with Gasteiger partial charge < -0.3 is 20.4 Å². The number of aromatic carboxylic acids is 1. The number of aliphatic carboxylic acids is 1. The lowest BCUT2D eigenvalue weighted by Crippen LogP contribution is -2.32. The monoisotopic (exact) mass is 321 g/mol. The number of hydrogen-bond acceptors (Lipinski definition) is 5. The molecule has 6 nitrogen and oxygen atoms in total. The van der Waals surface area contributed by atoms with Crippen molar-refractivity contribution in [2.75, 3.05) is 5.75 Å². The number of furan rings is 1. The lowest BCUT2D eigenvalue weighted by Gasteiger charge is -2.05. The maximum absolute atomic E-state index is 11.3. The Morgan fingerprint density at radius 3 is 2.50 bits per heavy atom. The summed E-state index contributed by atoms with van der Waals surface area (Å²) < 4.78 is 5.61. The Balaban J connectivity index is 2.15. The van der Waals surface area contributed by atoms with E-state index in [2.05, 4.69) is 0 Å². The highest BCUT2D eigenvalue weighted by atomic mass is 32.2. The van der Waals surface area contributed by atoms with Gasteiger partial charge in [0.25, 0.3) is 0 Å². The van der Waals surface area contributed by atoms with Crippen LogP contribution in [0.5, 0.6) is 0 Å². The molecule has 2 rings (SSSR count). The molecule has 0 bridgehead atoms. The van der Waals surface area contributed by atoms with Gasteiger partial charge in [-0.1, -0.05) is 30.3 Å². The molecule has 1 unspecified atom stereocenters. The largest absolute Gasteiger partial charge is 0.480 e. The first-order chi connectivity index (χ1) is 10.5. The van der Waals surface area contributed by atoms with Crippen molar-refractivity contribution in [1.29, 1.82) is 0 Å². The van der Waals surface area contributed by atoms with Crippen LogP contribution in [-0.2, 0) is 10.5 Å². The fraction of sp³-hybridized carbons (Fsp3) is 0.200. The molecule has 0 radical (unpaired) electrons. The minimum atomic E-state index is -1.09. The predicted octanol–water partition coefficient (Wildman–Crippen LogP) is 2.29. The molecule has 7 heteroatoms. The summed E-state index contributed by atoms with van der Waals surface area (Å²) in [6.45, 7) is 0. The quantitative estimate of drug-likeness (QED) is 0.717. The fourth-order valence-electron chi connectivity index (χ4n) is 1.81. The zero-order valence-electron chi connectivity index (χ0n) is 11.6. The molecule has 1 heterocycles. The molecule has 0 fully saturated rings. The van der Waals surface area contributed by atoms with E-state index < -0.39 is 18.0 Å². The minimum absolute atomic E-state index is 0.0789. The normalized spacial score (nSPS) is 12.0. The second-order valence-corrected chi connectivity index (χ2v) is 5.61. The summed E-state index contributed by atoms with van der Waals surface area (Å²) in [5.41, 5.74) is 6.27. The summed E-state index contributed by atoms with van der Waals surface area (Å²) in [5.74, 6) is -0.977. The highest BCUT2D eigenvalue weighted by Crippen LogP contribution is 2.28. The Kier molecular flexibility index (Phi) is 5.24. The molecule has 4 N–H and O–H groups in total. The number of benzene rings is 1. The molecule has 1 atom stereocenters. The summed E-state index contributed by atoms with van der Waals surface area (Å²) in [6.07, 6.45) is 0. The Labute approximate surface area is 130 Å². The van der Waals surface area contributed by atoms with Gasteiger partial charge in [-0.3, -0.25) is 4.79 Å². The maximum atomic E-state index is 11.3. The van der Waals surface area contributed by atoms with E-state index in [-0.39, 0.29) is 17.1 Å². The maximum Gasteiger partial charge on any atom is 0.339 e. The van der Waals surface area contributed by atoms with E-state index >= 15 is 0 Å². The first kappa shape index (κ1) is 16.1. The summed E-state index contributed by atoms with van der Waals surface area (Å²) >= 11 is 1.22. The molecular weight excluding hydrogens is 306 g/mol. The smallest absolute Gasteiger partial charge is 0.339 e. The van der Waals surface area contributed by atoms with Crippen molar-refractivity contribution in [2.45, 2.75) is 11.8 Å². The Morgan fingerprint density at radius 2 is 1.91 bits per heavy atom. The number of carbonyl (C=O) groups is 2. The standard InChI is InChI=1S/C15H15NO5S/c16-11(15(19)20)7-22-8-13-10(14(17)18)6-12(21-13)9-4-2-1-3-5-9/h1-6,11H,7-8,16H2,(H,17,18)(H,19,20). The highest BCUT2D eigenvalue weighted by Gasteiger charge is 2.19. The third-order valence-electron chi connectivity index (χ3n) is 2.95. The van der Waals surface area contributed by atoms with E-state index in [1.165, 1.54) is 17.8 Å². The predicted molar refractivity (Wildman–Crippen MR) is 82.9 cm³/mol.